The molecule has 11 nitrogen and oxygen atoms in total. The monoisotopic (exact) mass is 664 g/mol. The van der Waals surface area contributed by atoms with Crippen LogP contribution in [0.25, 0.3) is 11.4 Å². The Morgan fingerprint density at radius 1 is 0.755 bits per heavy atom. The van der Waals surface area contributed by atoms with Gasteiger partial charge in [-0.1, -0.05) is 74.5 Å². The predicted molar refractivity (Wildman–Crippen MR) is 187 cm³/mol. The molecule has 3 saturated heterocycles. The van der Waals surface area contributed by atoms with E-state index >= 15 is 0 Å². The number of hydrogen-bond acceptors (Lipinski definition) is 7. The fourth-order valence-electron chi connectivity index (χ4n) is 7.94. The van der Waals surface area contributed by atoms with Gasteiger partial charge in [-0.05, 0) is 49.9 Å². The predicted octanol–water partition coefficient (Wildman–Crippen LogP) is 5.28. The lowest BCUT2D eigenvalue weighted by atomic mass is 10.0. The smallest absolute Gasteiger partial charge is 0.245 e. The summed E-state index contributed by atoms with van der Waals surface area (Å²) in [5, 5.41) is 0. The number of carbonyl (C=O) groups is 2. The summed E-state index contributed by atoms with van der Waals surface area (Å²) in [7, 11) is 0. The van der Waals surface area contributed by atoms with Gasteiger partial charge in [0.15, 0.2) is 0 Å². The number of benzene rings is 2. The van der Waals surface area contributed by atoms with E-state index in [0.29, 0.717) is 26.3 Å². The topological polar surface area (TPSA) is 114 Å². The van der Waals surface area contributed by atoms with Gasteiger partial charge >= 0.3 is 0 Å². The molecule has 5 heterocycles. The molecule has 0 bridgehead atoms. The van der Waals surface area contributed by atoms with E-state index in [0.717, 1.165) is 86.0 Å². The summed E-state index contributed by atoms with van der Waals surface area (Å²) in [6, 6.07) is 19.3. The number of aromatic amines is 2. The Hall–Kier alpha value is -4.32. The first kappa shape index (κ1) is 33.2. The SMILES string of the molecule is CCN(CC)C(C(=O)N1CCC[C@H]1c1ncc(-c2cnc([C@@H]3CCCN3C(=O)[C@@H](c3ccccc3)N3CCOCC3)[nH]2)[nH]1)c1ccccc1. The third-order valence-corrected chi connectivity index (χ3v) is 10.5. The lowest BCUT2D eigenvalue weighted by Crippen LogP contribution is -2.47. The number of nitrogens with one attached hydrogen (secondary N) is 2. The van der Waals surface area contributed by atoms with Crippen molar-refractivity contribution in [2.45, 2.75) is 63.7 Å². The minimum Gasteiger partial charge on any atom is -0.379 e. The molecule has 0 radical (unpaired) electrons. The zero-order valence-electron chi connectivity index (χ0n) is 28.6. The zero-order valence-corrected chi connectivity index (χ0v) is 28.6. The number of nitrogens with zero attached hydrogens (tertiary/aromatic N) is 6. The van der Waals surface area contributed by atoms with E-state index in [1.807, 2.05) is 58.6 Å². The van der Waals surface area contributed by atoms with Crippen molar-refractivity contribution in [1.29, 1.82) is 0 Å². The number of imidazole rings is 2. The highest BCUT2D eigenvalue weighted by atomic mass is 16.5. The van der Waals surface area contributed by atoms with Crippen molar-refractivity contribution in [3.63, 3.8) is 0 Å². The quantitative estimate of drug-likeness (QED) is 0.224. The number of ether oxygens (including phenoxy) is 1. The van der Waals surface area contributed by atoms with Gasteiger partial charge in [0.25, 0.3) is 0 Å². The van der Waals surface area contributed by atoms with Crippen LogP contribution in [0.3, 0.4) is 0 Å². The molecular formula is C38H48N8O3. The van der Waals surface area contributed by atoms with E-state index in [1.54, 1.807) is 0 Å². The van der Waals surface area contributed by atoms with Gasteiger partial charge in [-0.15, -0.1) is 0 Å². The van der Waals surface area contributed by atoms with Gasteiger partial charge in [-0.3, -0.25) is 19.4 Å². The number of likely N-dealkylation sites (tertiary alicyclic amines) is 2. The lowest BCUT2D eigenvalue weighted by Gasteiger charge is -2.37. The van der Waals surface area contributed by atoms with Crippen molar-refractivity contribution in [2.24, 2.45) is 0 Å². The molecule has 11 heteroatoms. The second kappa shape index (κ2) is 15.1. The van der Waals surface area contributed by atoms with E-state index < -0.39 is 0 Å². The van der Waals surface area contributed by atoms with Crippen molar-refractivity contribution in [1.82, 2.24) is 39.5 Å². The molecule has 2 amide bonds. The second-order valence-corrected chi connectivity index (χ2v) is 13.2. The van der Waals surface area contributed by atoms with Crippen molar-refractivity contribution >= 4 is 11.8 Å². The summed E-state index contributed by atoms with van der Waals surface area (Å²) in [5.41, 5.74) is 3.67. The van der Waals surface area contributed by atoms with Gasteiger partial charge < -0.3 is 24.5 Å². The minimum absolute atomic E-state index is 0.113. The molecule has 258 valence electrons. The van der Waals surface area contributed by atoms with Crippen LogP contribution in [0.4, 0.5) is 0 Å². The Kier molecular flexibility index (Phi) is 10.2. The molecule has 0 saturated carbocycles. The van der Waals surface area contributed by atoms with Gasteiger partial charge in [0.2, 0.25) is 11.8 Å². The van der Waals surface area contributed by atoms with E-state index in [4.69, 9.17) is 14.7 Å². The third kappa shape index (κ3) is 6.79. The fourth-order valence-corrected chi connectivity index (χ4v) is 7.94. The Morgan fingerprint density at radius 3 is 1.80 bits per heavy atom. The average Bonchev–Trinajstić information content (AvgIpc) is 3.98. The van der Waals surface area contributed by atoms with Crippen molar-refractivity contribution in [2.75, 3.05) is 52.5 Å². The summed E-state index contributed by atoms with van der Waals surface area (Å²) >= 11 is 0. The maximum Gasteiger partial charge on any atom is 0.245 e. The zero-order chi connectivity index (χ0) is 33.7. The van der Waals surface area contributed by atoms with Gasteiger partial charge in [0, 0.05) is 26.2 Å². The maximum atomic E-state index is 14.3. The molecule has 1 unspecified atom stereocenters. The van der Waals surface area contributed by atoms with Crippen LogP contribution in [-0.4, -0.2) is 104 Å². The van der Waals surface area contributed by atoms with E-state index in [2.05, 4.69) is 57.9 Å². The van der Waals surface area contributed by atoms with Crippen molar-refractivity contribution in [3.8, 4) is 11.4 Å². The fraction of sp³-hybridized carbons (Fsp3) is 0.474. The van der Waals surface area contributed by atoms with Gasteiger partial charge in [-0.25, -0.2) is 9.97 Å². The van der Waals surface area contributed by atoms with Crippen LogP contribution in [0.15, 0.2) is 73.1 Å². The number of amides is 2. The van der Waals surface area contributed by atoms with Gasteiger partial charge in [0.05, 0.1) is 49.1 Å². The molecule has 2 aromatic carbocycles. The van der Waals surface area contributed by atoms with E-state index in [-0.39, 0.29) is 36.0 Å². The highest BCUT2D eigenvalue weighted by Crippen LogP contribution is 2.37. The lowest BCUT2D eigenvalue weighted by molar-refractivity contribution is -0.140. The number of rotatable bonds is 11. The number of likely N-dealkylation sites (N-methyl/N-ethyl adjacent to an activating group) is 1. The van der Waals surface area contributed by atoms with Crippen LogP contribution in [-0.2, 0) is 14.3 Å². The number of carbonyl (C=O) groups excluding carboxylic acids is 2. The molecule has 4 aromatic rings. The summed E-state index contributed by atoms with van der Waals surface area (Å²) in [5.74, 6) is 1.81. The number of hydrogen-bond donors (Lipinski definition) is 2. The minimum atomic E-state index is -0.351. The molecule has 49 heavy (non-hydrogen) atoms. The first-order valence-corrected chi connectivity index (χ1v) is 17.9. The van der Waals surface area contributed by atoms with Crippen LogP contribution < -0.4 is 0 Å². The van der Waals surface area contributed by atoms with Gasteiger partial charge in [-0.2, -0.15) is 0 Å². The first-order chi connectivity index (χ1) is 24.1. The molecule has 0 aliphatic carbocycles. The maximum absolute atomic E-state index is 14.3. The molecule has 4 atom stereocenters. The molecule has 3 aliphatic heterocycles. The van der Waals surface area contributed by atoms with Crippen LogP contribution in [0.2, 0.25) is 0 Å². The number of morpholine rings is 1. The largest absolute Gasteiger partial charge is 0.379 e. The molecule has 2 aromatic heterocycles. The van der Waals surface area contributed by atoms with Crippen LogP contribution in [0.1, 0.15) is 86.5 Å². The third-order valence-electron chi connectivity index (χ3n) is 10.5. The van der Waals surface area contributed by atoms with Crippen LogP contribution >= 0.6 is 0 Å². The highest BCUT2D eigenvalue weighted by molar-refractivity contribution is 5.84. The summed E-state index contributed by atoms with van der Waals surface area (Å²) in [6.07, 6.45) is 7.22. The normalized spacial score (nSPS) is 21.4. The molecule has 3 fully saturated rings. The van der Waals surface area contributed by atoms with Crippen LogP contribution in [0.5, 0.6) is 0 Å². The number of aromatic nitrogens is 4. The van der Waals surface area contributed by atoms with Crippen molar-refractivity contribution < 1.29 is 14.3 Å². The van der Waals surface area contributed by atoms with E-state index in [1.165, 1.54) is 0 Å². The van der Waals surface area contributed by atoms with Crippen LogP contribution in [0, 0.1) is 0 Å². The standard InChI is InChI=1S/C38H48N8O3/c1-3-43(4-2)33(27-13-7-5-8-14-27)37(47)45-19-11-17-31(45)35-39-25-29(41-35)30-26-40-36(42-30)32-18-12-20-46(32)38(48)34(28-15-9-6-10-16-28)44-21-23-49-24-22-44/h5-10,13-16,25-26,31-34H,3-4,11-12,17-24H2,1-2H3,(H,39,41)(H,40,42)/t31-,32-,33?,34+/m0/s1. The molecular weight excluding hydrogens is 616 g/mol. The van der Waals surface area contributed by atoms with Gasteiger partial charge in [0.1, 0.15) is 23.7 Å². The Bertz CT molecular complexity index is 1680. The summed E-state index contributed by atoms with van der Waals surface area (Å²) < 4.78 is 5.61. The molecule has 7 rings (SSSR count). The van der Waals surface area contributed by atoms with E-state index in [9.17, 15) is 9.59 Å². The number of H-pyrrole nitrogens is 2. The second-order valence-electron chi connectivity index (χ2n) is 13.2. The summed E-state index contributed by atoms with van der Waals surface area (Å²) in [4.78, 5) is 53.7. The Labute approximate surface area is 288 Å². The summed E-state index contributed by atoms with van der Waals surface area (Å²) in [6.45, 7) is 9.91. The Morgan fingerprint density at radius 2 is 1.27 bits per heavy atom. The molecule has 2 N–H and O–H groups in total. The molecule has 0 spiro atoms. The molecule has 3 aliphatic rings. The first-order valence-electron chi connectivity index (χ1n) is 17.9. The van der Waals surface area contributed by atoms with Crippen molar-refractivity contribution in [3.05, 3.63) is 95.8 Å². The highest BCUT2D eigenvalue weighted by Gasteiger charge is 2.40. The Balaban J connectivity index is 1.09. The average molecular weight is 665 g/mol.